The summed E-state index contributed by atoms with van der Waals surface area (Å²) in [6.45, 7) is 0. The molecule has 5 heteroatoms. The van der Waals surface area contributed by atoms with Gasteiger partial charge < -0.3 is 5.73 Å². The van der Waals surface area contributed by atoms with Crippen LogP contribution in [0.5, 0.6) is 0 Å². The summed E-state index contributed by atoms with van der Waals surface area (Å²) >= 11 is 0. The molecule has 0 spiro atoms. The summed E-state index contributed by atoms with van der Waals surface area (Å²) in [6.07, 6.45) is 1.58. The first-order valence-electron chi connectivity index (χ1n) is 4.53. The molecule has 2 N–H and O–H groups in total. The molecule has 1 atom stereocenters. The topological polar surface area (TPSA) is 56.7 Å². The van der Waals surface area contributed by atoms with Crippen LogP contribution in [-0.2, 0) is 7.05 Å². The fourth-order valence-corrected chi connectivity index (χ4v) is 1.32. The van der Waals surface area contributed by atoms with Gasteiger partial charge in [-0.25, -0.2) is 9.37 Å². The van der Waals surface area contributed by atoms with Crippen LogP contribution in [0.25, 0.3) is 0 Å². The molecule has 0 bridgehead atoms. The summed E-state index contributed by atoms with van der Waals surface area (Å²) in [7, 11) is 1.77. The first-order valence-corrected chi connectivity index (χ1v) is 4.53. The van der Waals surface area contributed by atoms with E-state index < -0.39 is 6.04 Å². The summed E-state index contributed by atoms with van der Waals surface area (Å²) in [5, 5.41) is 4.10. The minimum atomic E-state index is -0.410. The third kappa shape index (κ3) is 2.02. The Bertz CT molecular complexity index is 449. The van der Waals surface area contributed by atoms with Crippen molar-refractivity contribution < 1.29 is 4.39 Å². The second kappa shape index (κ2) is 3.78. The van der Waals surface area contributed by atoms with Crippen molar-refractivity contribution in [2.24, 2.45) is 12.8 Å². The molecule has 0 unspecified atom stereocenters. The van der Waals surface area contributed by atoms with Gasteiger partial charge >= 0.3 is 0 Å². The highest BCUT2D eigenvalue weighted by molar-refractivity contribution is 5.24. The summed E-state index contributed by atoms with van der Waals surface area (Å²) in [6, 6.07) is 5.61. The predicted molar refractivity (Wildman–Crippen MR) is 53.4 cm³/mol. The second-order valence-electron chi connectivity index (χ2n) is 3.31. The Balaban J connectivity index is 2.28. The van der Waals surface area contributed by atoms with Crippen LogP contribution in [0, 0.1) is 5.82 Å². The molecule has 4 nitrogen and oxygen atoms in total. The Hall–Kier alpha value is -1.75. The average Bonchev–Trinajstić information content (AvgIpc) is 2.65. The smallest absolute Gasteiger partial charge is 0.171 e. The molecule has 0 amide bonds. The number of hydrogen-bond donors (Lipinski definition) is 1. The second-order valence-corrected chi connectivity index (χ2v) is 3.31. The van der Waals surface area contributed by atoms with Gasteiger partial charge in [0.2, 0.25) is 0 Å². The Morgan fingerprint density at radius 2 is 2.00 bits per heavy atom. The normalized spacial score (nSPS) is 12.7. The molecule has 0 aliphatic carbocycles. The number of halogens is 1. The molecule has 1 aromatic heterocycles. The van der Waals surface area contributed by atoms with Crippen LogP contribution in [0.4, 0.5) is 4.39 Å². The maximum atomic E-state index is 12.7. The van der Waals surface area contributed by atoms with Crippen molar-refractivity contribution in [2.75, 3.05) is 0 Å². The Labute approximate surface area is 86.6 Å². The number of hydrogen-bond acceptors (Lipinski definition) is 3. The van der Waals surface area contributed by atoms with E-state index >= 15 is 0 Å². The third-order valence-corrected chi connectivity index (χ3v) is 2.12. The van der Waals surface area contributed by atoms with Crippen molar-refractivity contribution in [2.45, 2.75) is 6.04 Å². The molecule has 78 valence electrons. The predicted octanol–water partition coefficient (Wildman–Crippen LogP) is 1.00. The zero-order valence-electron chi connectivity index (χ0n) is 8.26. The Morgan fingerprint density at radius 1 is 1.33 bits per heavy atom. The third-order valence-electron chi connectivity index (χ3n) is 2.12. The SMILES string of the molecule is Cn1cnc([C@H](N)c2ccc(F)cc2)n1. The number of aryl methyl sites for hydroxylation is 1. The van der Waals surface area contributed by atoms with Gasteiger partial charge in [0.05, 0.1) is 6.04 Å². The van der Waals surface area contributed by atoms with E-state index in [0.29, 0.717) is 5.82 Å². The van der Waals surface area contributed by atoms with Gasteiger partial charge in [-0.3, -0.25) is 4.68 Å². The number of aromatic nitrogens is 3. The summed E-state index contributed by atoms with van der Waals surface area (Å²) in [5.41, 5.74) is 6.71. The van der Waals surface area contributed by atoms with Crippen LogP contribution < -0.4 is 5.73 Å². The highest BCUT2D eigenvalue weighted by Crippen LogP contribution is 2.15. The monoisotopic (exact) mass is 206 g/mol. The lowest BCUT2D eigenvalue weighted by Crippen LogP contribution is -2.14. The lowest BCUT2D eigenvalue weighted by Gasteiger charge is -2.07. The van der Waals surface area contributed by atoms with Crippen molar-refractivity contribution in [3.05, 3.63) is 47.8 Å². The summed E-state index contributed by atoms with van der Waals surface area (Å²) < 4.78 is 14.3. The summed E-state index contributed by atoms with van der Waals surface area (Å²) in [4.78, 5) is 4.05. The minimum absolute atomic E-state index is 0.278. The fraction of sp³-hybridized carbons (Fsp3) is 0.200. The van der Waals surface area contributed by atoms with E-state index in [1.807, 2.05) is 0 Å². The Kier molecular flexibility index (Phi) is 2.47. The van der Waals surface area contributed by atoms with Gasteiger partial charge in [-0.2, -0.15) is 5.10 Å². The highest BCUT2D eigenvalue weighted by Gasteiger charge is 2.12. The standard InChI is InChI=1S/C10H11FN4/c1-15-6-13-10(14-15)9(12)7-2-4-8(11)5-3-7/h2-6,9H,12H2,1H3/t9-/m1/s1. The molecule has 0 saturated heterocycles. The van der Waals surface area contributed by atoms with Crippen LogP contribution in [0.15, 0.2) is 30.6 Å². The van der Waals surface area contributed by atoms with Crippen LogP contribution in [0.1, 0.15) is 17.4 Å². The molecule has 0 aliphatic heterocycles. The average molecular weight is 206 g/mol. The van der Waals surface area contributed by atoms with Crippen LogP contribution in [-0.4, -0.2) is 14.8 Å². The number of nitrogens with zero attached hydrogens (tertiary/aromatic N) is 3. The number of rotatable bonds is 2. The van der Waals surface area contributed by atoms with Gasteiger partial charge in [-0.1, -0.05) is 12.1 Å². The van der Waals surface area contributed by atoms with Crippen LogP contribution in [0.3, 0.4) is 0 Å². The maximum absolute atomic E-state index is 12.7. The molecule has 2 rings (SSSR count). The molecule has 0 aliphatic rings. The Morgan fingerprint density at radius 3 is 2.53 bits per heavy atom. The molecule has 0 fully saturated rings. The number of nitrogens with two attached hydrogens (primary N) is 1. The van der Waals surface area contributed by atoms with Crippen molar-refractivity contribution in [3.8, 4) is 0 Å². The van der Waals surface area contributed by atoms with Gasteiger partial charge in [0.15, 0.2) is 5.82 Å². The van der Waals surface area contributed by atoms with E-state index in [4.69, 9.17) is 5.73 Å². The van der Waals surface area contributed by atoms with Gasteiger partial charge in [-0.05, 0) is 17.7 Å². The molecule has 1 heterocycles. The van der Waals surface area contributed by atoms with E-state index in [1.165, 1.54) is 12.1 Å². The van der Waals surface area contributed by atoms with E-state index in [0.717, 1.165) is 5.56 Å². The van der Waals surface area contributed by atoms with Crippen molar-refractivity contribution >= 4 is 0 Å². The molecular weight excluding hydrogens is 195 g/mol. The van der Waals surface area contributed by atoms with E-state index in [1.54, 1.807) is 30.2 Å². The van der Waals surface area contributed by atoms with Crippen molar-refractivity contribution in [1.29, 1.82) is 0 Å². The lowest BCUT2D eigenvalue weighted by molar-refractivity contribution is 0.625. The first-order chi connectivity index (χ1) is 7.16. The number of benzene rings is 1. The maximum Gasteiger partial charge on any atom is 0.171 e. The summed E-state index contributed by atoms with van der Waals surface area (Å²) in [5.74, 6) is 0.254. The quantitative estimate of drug-likeness (QED) is 0.797. The van der Waals surface area contributed by atoms with Crippen molar-refractivity contribution in [3.63, 3.8) is 0 Å². The van der Waals surface area contributed by atoms with E-state index in [-0.39, 0.29) is 5.82 Å². The highest BCUT2D eigenvalue weighted by atomic mass is 19.1. The zero-order chi connectivity index (χ0) is 10.8. The zero-order valence-corrected chi connectivity index (χ0v) is 8.26. The van der Waals surface area contributed by atoms with Gasteiger partial charge in [0.1, 0.15) is 12.1 Å². The van der Waals surface area contributed by atoms with Gasteiger partial charge in [-0.15, -0.1) is 0 Å². The van der Waals surface area contributed by atoms with Crippen LogP contribution >= 0.6 is 0 Å². The first kappa shape index (κ1) is 9.79. The van der Waals surface area contributed by atoms with Gasteiger partial charge in [0.25, 0.3) is 0 Å². The molecule has 1 aromatic carbocycles. The molecule has 0 radical (unpaired) electrons. The molecule has 2 aromatic rings. The van der Waals surface area contributed by atoms with Gasteiger partial charge in [0, 0.05) is 7.05 Å². The minimum Gasteiger partial charge on any atom is -0.318 e. The largest absolute Gasteiger partial charge is 0.318 e. The van der Waals surface area contributed by atoms with Crippen LogP contribution in [0.2, 0.25) is 0 Å². The van der Waals surface area contributed by atoms with E-state index in [9.17, 15) is 4.39 Å². The lowest BCUT2D eigenvalue weighted by atomic mass is 10.1. The van der Waals surface area contributed by atoms with Crippen molar-refractivity contribution in [1.82, 2.24) is 14.8 Å². The fourth-order valence-electron chi connectivity index (χ4n) is 1.32. The van der Waals surface area contributed by atoms with E-state index in [2.05, 4.69) is 10.1 Å². The molecule has 15 heavy (non-hydrogen) atoms. The molecule has 0 saturated carbocycles. The molecular formula is C10H11FN4.